The molecule has 5 aliphatic carbocycles. The van der Waals surface area contributed by atoms with Crippen LogP contribution >= 0.6 is 0 Å². The fourth-order valence-electron chi connectivity index (χ4n) is 7.79. The van der Waals surface area contributed by atoms with Crippen molar-refractivity contribution in [3.05, 3.63) is 58.2 Å². The number of benzene rings is 1. The maximum absolute atomic E-state index is 12.1. The third kappa shape index (κ3) is 2.36. The Labute approximate surface area is 178 Å². The van der Waals surface area contributed by atoms with Gasteiger partial charge in [-0.2, -0.15) is 0 Å². The molecule has 1 aromatic rings. The molecule has 0 aromatic heterocycles. The van der Waals surface area contributed by atoms with Gasteiger partial charge in [-0.1, -0.05) is 36.8 Å². The Morgan fingerprint density at radius 2 is 1.87 bits per heavy atom. The summed E-state index contributed by atoms with van der Waals surface area (Å²) in [5.74, 6) is 2.17. The van der Waals surface area contributed by atoms with Crippen LogP contribution < -0.4 is 0 Å². The third-order valence-corrected chi connectivity index (χ3v) is 9.44. The first-order valence-corrected chi connectivity index (χ1v) is 11.6. The van der Waals surface area contributed by atoms with E-state index < -0.39 is 5.60 Å². The van der Waals surface area contributed by atoms with E-state index in [4.69, 9.17) is 0 Å². The summed E-state index contributed by atoms with van der Waals surface area (Å²) in [5, 5.41) is 11.4. The molecule has 0 spiro atoms. The molecule has 0 amide bonds. The molecule has 30 heavy (non-hydrogen) atoms. The van der Waals surface area contributed by atoms with E-state index in [1.54, 1.807) is 12.5 Å². The second kappa shape index (κ2) is 6.03. The summed E-state index contributed by atoms with van der Waals surface area (Å²) in [5.41, 5.74) is 5.77. The molecule has 156 valence electrons. The zero-order valence-corrected chi connectivity index (χ0v) is 17.9. The quantitative estimate of drug-likeness (QED) is 0.696. The molecule has 1 aromatic carbocycles. The van der Waals surface area contributed by atoms with Gasteiger partial charge in [0.2, 0.25) is 0 Å². The predicted molar refractivity (Wildman–Crippen MR) is 115 cm³/mol. The van der Waals surface area contributed by atoms with Gasteiger partial charge in [-0.3, -0.25) is 9.59 Å². The van der Waals surface area contributed by atoms with Gasteiger partial charge in [0.25, 0.3) is 0 Å². The van der Waals surface area contributed by atoms with Crippen molar-refractivity contribution in [1.82, 2.24) is 0 Å². The van der Waals surface area contributed by atoms with Gasteiger partial charge in [0.1, 0.15) is 0 Å². The normalized spacial score (nSPS) is 41.4. The van der Waals surface area contributed by atoms with Crippen LogP contribution in [0.3, 0.4) is 0 Å². The molecule has 3 nitrogen and oxygen atoms in total. The molecule has 0 radical (unpaired) electrons. The molecule has 0 heterocycles. The minimum Gasteiger partial charge on any atom is -0.389 e. The SMILES string of the molecule is CC(=O)c1ccc([C@H]2C[C@@]3(C)[C@@H](C[C@H]4C[C@]43O)[C@@H]3CCC4=CC(=O)CCC4=C32)cc1. The first-order chi connectivity index (χ1) is 14.3. The molecule has 1 N–H and O–H groups in total. The van der Waals surface area contributed by atoms with E-state index in [0.717, 1.165) is 44.1 Å². The average molecular weight is 403 g/mol. The van der Waals surface area contributed by atoms with E-state index >= 15 is 0 Å². The van der Waals surface area contributed by atoms with Crippen molar-refractivity contribution in [3.8, 4) is 0 Å². The lowest BCUT2D eigenvalue weighted by atomic mass is 9.51. The molecular formula is C27H30O3. The number of Topliss-reactive ketones (excluding diaryl/α,β-unsaturated/α-hetero) is 1. The van der Waals surface area contributed by atoms with Crippen molar-refractivity contribution in [2.45, 2.75) is 70.3 Å². The van der Waals surface area contributed by atoms with Crippen LogP contribution in [-0.4, -0.2) is 22.3 Å². The van der Waals surface area contributed by atoms with Crippen LogP contribution in [0.25, 0.3) is 0 Å². The molecule has 3 saturated carbocycles. The molecule has 3 heteroatoms. The monoisotopic (exact) mass is 402 g/mol. The summed E-state index contributed by atoms with van der Waals surface area (Å²) < 4.78 is 0. The number of carbonyl (C=O) groups is 2. The Balaban J connectivity index is 1.51. The largest absolute Gasteiger partial charge is 0.389 e. The van der Waals surface area contributed by atoms with Gasteiger partial charge in [0.05, 0.1) is 5.60 Å². The third-order valence-electron chi connectivity index (χ3n) is 9.44. The summed E-state index contributed by atoms with van der Waals surface area (Å²) in [4.78, 5) is 23.9. The van der Waals surface area contributed by atoms with E-state index in [2.05, 4.69) is 19.1 Å². The van der Waals surface area contributed by atoms with Crippen LogP contribution in [0.5, 0.6) is 0 Å². The van der Waals surface area contributed by atoms with E-state index in [0.29, 0.717) is 24.2 Å². The highest BCUT2D eigenvalue weighted by Crippen LogP contribution is 2.75. The van der Waals surface area contributed by atoms with Crippen LogP contribution in [0.4, 0.5) is 0 Å². The Hall–Kier alpha value is -2.00. The number of hydrogen-bond acceptors (Lipinski definition) is 3. The highest BCUT2D eigenvalue weighted by atomic mass is 16.3. The Bertz CT molecular complexity index is 1030. The minimum atomic E-state index is -0.482. The smallest absolute Gasteiger partial charge is 0.159 e. The van der Waals surface area contributed by atoms with Crippen LogP contribution in [0.1, 0.15) is 80.6 Å². The highest BCUT2D eigenvalue weighted by molar-refractivity contribution is 5.94. The number of ketones is 2. The Kier molecular flexibility index (Phi) is 3.77. The number of aliphatic hydroxyl groups is 1. The summed E-state index contributed by atoms with van der Waals surface area (Å²) >= 11 is 0. The fraction of sp³-hybridized carbons (Fsp3) is 0.556. The lowest BCUT2D eigenvalue weighted by Crippen LogP contribution is -2.47. The van der Waals surface area contributed by atoms with Crippen LogP contribution in [0.15, 0.2) is 47.1 Å². The Morgan fingerprint density at radius 1 is 1.10 bits per heavy atom. The molecule has 6 atom stereocenters. The van der Waals surface area contributed by atoms with Crippen molar-refractivity contribution >= 4 is 11.6 Å². The second-order valence-corrected chi connectivity index (χ2v) is 10.7. The van der Waals surface area contributed by atoms with Gasteiger partial charge in [-0.15, -0.1) is 0 Å². The first-order valence-electron chi connectivity index (χ1n) is 11.6. The molecule has 0 unspecified atom stereocenters. The van der Waals surface area contributed by atoms with Crippen molar-refractivity contribution in [1.29, 1.82) is 0 Å². The summed E-state index contributed by atoms with van der Waals surface area (Å²) in [7, 11) is 0. The summed E-state index contributed by atoms with van der Waals surface area (Å²) in [6.45, 7) is 3.96. The number of carbonyl (C=O) groups excluding carboxylic acids is 2. The zero-order valence-electron chi connectivity index (χ0n) is 17.9. The maximum atomic E-state index is 12.1. The fourth-order valence-corrected chi connectivity index (χ4v) is 7.79. The van der Waals surface area contributed by atoms with E-state index in [1.165, 1.54) is 16.7 Å². The second-order valence-electron chi connectivity index (χ2n) is 10.7. The molecule has 0 saturated heterocycles. The van der Waals surface area contributed by atoms with Crippen LogP contribution in [-0.2, 0) is 4.79 Å². The van der Waals surface area contributed by atoms with Crippen molar-refractivity contribution in [3.63, 3.8) is 0 Å². The van der Waals surface area contributed by atoms with Crippen molar-refractivity contribution in [2.75, 3.05) is 0 Å². The summed E-state index contributed by atoms with van der Waals surface area (Å²) in [6.07, 6.45) is 8.60. The van der Waals surface area contributed by atoms with E-state index in [1.807, 2.05) is 18.2 Å². The van der Waals surface area contributed by atoms with Gasteiger partial charge in [0, 0.05) is 23.3 Å². The molecular weight excluding hydrogens is 372 g/mol. The number of fused-ring (bicyclic) bond motifs is 6. The summed E-state index contributed by atoms with van der Waals surface area (Å²) in [6, 6.07) is 8.18. The molecule has 5 aliphatic rings. The van der Waals surface area contributed by atoms with Crippen molar-refractivity contribution in [2.24, 2.45) is 23.2 Å². The van der Waals surface area contributed by atoms with Gasteiger partial charge in [0.15, 0.2) is 11.6 Å². The Morgan fingerprint density at radius 3 is 2.60 bits per heavy atom. The minimum absolute atomic E-state index is 0.0397. The van der Waals surface area contributed by atoms with Gasteiger partial charge in [-0.25, -0.2) is 0 Å². The molecule has 3 fully saturated rings. The topological polar surface area (TPSA) is 54.4 Å². The molecule has 0 bridgehead atoms. The predicted octanol–water partition coefficient (Wildman–Crippen LogP) is 5.15. The van der Waals surface area contributed by atoms with Crippen LogP contribution in [0, 0.1) is 23.2 Å². The van der Waals surface area contributed by atoms with Gasteiger partial charge < -0.3 is 5.11 Å². The average Bonchev–Trinajstić information content (AvgIpc) is 3.34. The van der Waals surface area contributed by atoms with E-state index in [9.17, 15) is 14.7 Å². The lowest BCUT2D eigenvalue weighted by Gasteiger charge is -2.53. The highest BCUT2D eigenvalue weighted by Gasteiger charge is 2.74. The zero-order chi connectivity index (χ0) is 20.8. The van der Waals surface area contributed by atoms with E-state index in [-0.39, 0.29) is 22.9 Å². The maximum Gasteiger partial charge on any atom is 0.159 e. The molecule has 0 aliphatic heterocycles. The van der Waals surface area contributed by atoms with Crippen molar-refractivity contribution < 1.29 is 14.7 Å². The lowest BCUT2D eigenvalue weighted by molar-refractivity contribution is -0.114. The number of hydrogen-bond donors (Lipinski definition) is 1. The van der Waals surface area contributed by atoms with Gasteiger partial charge >= 0.3 is 0 Å². The number of rotatable bonds is 2. The number of allylic oxidation sites excluding steroid dienone is 4. The van der Waals surface area contributed by atoms with Crippen LogP contribution in [0.2, 0.25) is 0 Å². The molecule has 6 rings (SSSR count). The first kappa shape index (κ1) is 18.7. The standard InChI is InChI=1S/C27H30O3/c1-15(28)16-3-5-17(6-4-16)23-14-26(2)24(12-19-13-27(19,26)30)22-9-7-18-11-20(29)8-10-21(18)25(22)23/h3-6,11,19,22-24,30H,7-10,12-14H2,1-2H3/t19-,22-,23+,24-,26-,27-/m0/s1. The van der Waals surface area contributed by atoms with Gasteiger partial charge in [-0.05, 0) is 86.0 Å².